The van der Waals surface area contributed by atoms with E-state index in [1.54, 1.807) is 38.1 Å². The van der Waals surface area contributed by atoms with Gasteiger partial charge in [0.15, 0.2) is 0 Å². The van der Waals surface area contributed by atoms with Gasteiger partial charge in [-0.05, 0) is 51.5 Å². The summed E-state index contributed by atoms with van der Waals surface area (Å²) in [6.45, 7) is 5.82. The summed E-state index contributed by atoms with van der Waals surface area (Å²) in [6, 6.07) is 5.71. The van der Waals surface area contributed by atoms with Crippen LogP contribution in [0.1, 0.15) is 50.4 Å². The van der Waals surface area contributed by atoms with E-state index in [0.29, 0.717) is 18.5 Å². The number of ketones is 1. The molecule has 0 fully saturated rings. The molecule has 1 amide bonds. The fraction of sp³-hybridized carbons (Fsp3) is 0.500. The molecule has 0 heterocycles. The number of rotatable bonds is 12. The van der Waals surface area contributed by atoms with E-state index in [0.717, 1.165) is 5.69 Å². The number of benzene rings is 1. The van der Waals surface area contributed by atoms with Gasteiger partial charge in [-0.1, -0.05) is 0 Å². The first-order valence-electron chi connectivity index (χ1n) is 9.33. The Hall–Kier alpha value is -2.90. The van der Waals surface area contributed by atoms with Crippen molar-refractivity contribution < 1.29 is 28.7 Å². The summed E-state index contributed by atoms with van der Waals surface area (Å²) in [4.78, 5) is 47.0. The van der Waals surface area contributed by atoms with Crippen molar-refractivity contribution in [3.63, 3.8) is 0 Å². The average molecular weight is 392 g/mol. The lowest BCUT2D eigenvalue weighted by Gasteiger charge is -2.17. The van der Waals surface area contributed by atoms with Crippen LogP contribution >= 0.6 is 0 Å². The fourth-order valence-corrected chi connectivity index (χ4v) is 2.35. The molecule has 1 aromatic rings. The van der Waals surface area contributed by atoms with Gasteiger partial charge in [0.1, 0.15) is 11.8 Å². The SMILES string of the molecule is CCOC(=O)CCC(NC(=O)c1ccc(NCCC(C)=O)cc1)C(=O)OCC. The molecule has 1 aromatic carbocycles. The second kappa shape index (κ2) is 12.5. The number of anilines is 1. The fourth-order valence-electron chi connectivity index (χ4n) is 2.35. The Balaban J connectivity index is 2.68. The van der Waals surface area contributed by atoms with Crippen LogP contribution in [0.3, 0.4) is 0 Å². The lowest BCUT2D eigenvalue weighted by Crippen LogP contribution is -2.42. The molecule has 8 heteroatoms. The Morgan fingerprint density at radius 1 is 0.964 bits per heavy atom. The number of esters is 2. The number of hydrogen-bond donors (Lipinski definition) is 2. The third kappa shape index (κ3) is 8.66. The second-order valence-corrected chi connectivity index (χ2v) is 6.08. The van der Waals surface area contributed by atoms with Crippen molar-refractivity contribution in [2.75, 3.05) is 25.1 Å². The summed E-state index contributed by atoms with van der Waals surface area (Å²) in [5.74, 6) is -1.39. The number of ether oxygens (including phenoxy) is 2. The van der Waals surface area contributed by atoms with Gasteiger partial charge in [0.25, 0.3) is 5.91 Å². The van der Waals surface area contributed by atoms with Crippen LogP contribution in [0, 0.1) is 0 Å². The predicted molar refractivity (Wildman–Crippen MR) is 104 cm³/mol. The minimum Gasteiger partial charge on any atom is -0.466 e. The molecule has 1 rings (SSSR count). The van der Waals surface area contributed by atoms with Crippen molar-refractivity contribution in [1.82, 2.24) is 5.32 Å². The Kier molecular flexibility index (Phi) is 10.3. The minimum absolute atomic E-state index is 0.00337. The summed E-state index contributed by atoms with van der Waals surface area (Å²) in [5, 5.41) is 5.69. The number of amides is 1. The zero-order chi connectivity index (χ0) is 20.9. The van der Waals surface area contributed by atoms with Crippen LogP contribution in [0.25, 0.3) is 0 Å². The molecule has 154 valence electrons. The molecule has 0 radical (unpaired) electrons. The lowest BCUT2D eigenvalue weighted by atomic mass is 10.1. The van der Waals surface area contributed by atoms with Gasteiger partial charge < -0.3 is 20.1 Å². The Morgan fingerprint density at radius 2 is 1.61 bits per heavy atom. The van der Waals surface area contributed by atoms with E-state index in [1.807, 2.05) is 0 Å². The molecule has 0 aliphatic heterocycles. The van der Waals surface area contributed by atoms with Crippen LogP contribution in [0.2, 0.25) is 0 Å². The molecule has 0 saturated heterocycles. The van der Waals surface area contributed by atoms with Crippen LogP contribution in [0.4, 0.5) is 5.69 Å². The molecule has 28 heavy (non-hydrogen) atoms. The van der Waals surface area contributed by atoms with E-state index in [9.17, 15) is 19.2 Å². The van der Waals surface area contributed by atoms with Crippen LogP contribution in [-0.2, 0) is 23.9 Å². The number of carbonyl (C=O) groups is 4. The zero-order valence-electron chi connectivity index (χ0n) is 16.6. The van der Waals surface area contributed by atoms with Crippen LogP contribution in [0.15, 0.2) is 24.3 Å². The van der Waals surface area contributed by atoms with Crippen LogP contribution in [-0.4, -0.2) is 49.4 Å². The highest BCUT2D eigenvalue weighted by Gasteiger charge is 2.24. The molecule has 0 aliphatic rings. The summed E-state index contributed by atoms with van der Waals surface area (Å²) in [6.07, 6.45) is 0.509. The van der Waals surface area contributed by atoms with Gasteiger partial charge in [-0.25, -0.2) is 4.79 Å². The first-order valence-corrected chi connectivity index (χ1v) is 9.33. The second-order valence-electron chi connectivity index (χ2n) is 6.08. The highest BCUT2D eigenvalue weighted by atomic mass is 16.5. The molecule has 2 N–H and O–H groups in total. The summed E-state index contributed by atoms with van der Waals surface area (Å²) >= 11 is 0. The number of nitrogens with one attached hydrogen (secondary N) is 2. The van der Waals surface area contributed by atoms with E-state index in [-0.39, 0.29) is 31.8 Å². The van der Waals surface area contributed by atoms with Crippen LogP contribution in [0.5, 0.6) is 0 Å². The van der Waals surface area contributed by atoms with Crippen LogP contribution < -0.4 is 10.6 Å². The molecular formula is C20H28N2O6. The topological polar surface area (TPSA) is 111 Å². The van der Waals surface area contributed by atoms with Crippen molar-refractivity contribution in [3.8, 4) is 0 Å². The van der Waals surface area contributed by atoms with Gasteiger partial charge in [0, 0.05) is 30.6 Å². The van der Waals surface area contributed by atoms with E-state index >= 15 is 0 Å². The smallest absolute Gasteiger partial charge is 0.328 e. The average Bonchev–Trinajstić information content (AvgIpc) is 2.65. The number of carbonyl (C=O) groups excluding carboxylic acids is 4. The first-order chi connectivity index (χ1) is 13.4. The van der Waals surface area contributed by atoms with E-state index in [2.05, 4.69) is 10.6 Å². The first kappa shape index (κ1) is 23.1. The zero-order valence-corrected chi connectivity index (χ0v) is 16.6. The maximum atomic E-state index is 12.4. The van der Waals surface area contributed by atoms with E-state index < -0.39 is 23.9 Å². The standard InChI is InChI=1S/C20H28N2O6/c1-4-27-18(24)11-10-17(20(26)28-5-2)22-19(25)15-6-8-16(9-7-15)21-13-12-14(3)23/h6-9,17,21H,4-5,10-13H2,1-3H3,(H,22,25). The van der Waals surface area contributed by atoms with Crippen molar-refractivity contribution in [3.05, 3.63) is 29.8 Å². The van der Waals surface area contributed by atoms with Gasteiger partial charge in [-0.15, -0.1) is 0 Å². The lowest BCUT2D eigenvalue weighted by molar-refractivity contribution is -0.146. The Labute approximate surface area is 165 Å². The molecular weight excluding hydrogens is 364 g/mol. The van der Waals surface area contributed by atoms with E-state index in [4.69, 9.17) is 9.47 Å². The third-order valence-corrected chi connectivity index (χ3v) is 3.77. The summed E-state index contributed by atoms with van der Waals surface area (Å²) < 4.78 is 9.82. The Morgan fingerprint density at radius 3 is 2.18 bits per heavy atom. The highest BCUT2D eigenvalue weighted by molar-refractivity contribution is 5.97. The quantitative estimate of drug-likeness (QED) is 0.524. The van der Waals surface area contributed by atoms with Crippen molar-refractivity contribution in [2.45, 2.75) is 46.1 Å². The molecule has 1 atom stereocenters. The van der Waals surface area contributed by atoms with Gasteiger partial charge in [-0.2, -0.15) is 0 Å². The summed E-state index contributed by atoms with van der Waals surface area (Å²) in [7, 11) is 0. The van der Waals surface area contributed by atoms with Crippen molar-refractivity contribution in [1.29, 1.82) is 0 Å². The molecule has 0 bridgehead atoms. The van der Waals surface area contributed by atoms with Crippen molar-refractivity contribution in [2.24, 2.45) is 0 Å². The van der Waals surface area contributed by atoms with Gasteiger partial charge >= 0.3 is 11.9 Å². The molecule has 0 spiro atoms. The van der Waals surface area contributed by atoms with E-state index in [1.165, 1.54) is 6.92 Å². The molecule has 8 nitrogen and oxygen atoms in total. The summed E-state index contributed by atoms with van der Waals surface area (Å²) in [5.41, 5.74) is 1.14. The highest BCUT2D eigenvalue weighted by Crippen LogP contribution is 2.11. The largest absolute Gasteiger partial charge is 0.466 e. The maximum Gasteiger partial charge on any atom is 0.328 e. The maximum absolute atomic E-state index is 12.4. The predicted octanol–water partition coefficient (Wildman–Crippen LogP) is 2.08. The molecule has 0 saturated carbocycles. The van der Waals surface area contributed by atoms with Gasteiger partial charge in [0.2, 0.25) is 0 Å². The molecule has 0 aromatic heterocycles. The Bertz CT molecular complexity index is 672. The molecule has 0 aliphatic carbocycles. The third-order valence-electron chi connectivity index (χ3n) is 3.77. The van der Waals surface area contributed by atoms with Gasteiger partial charge in [-0.3, -0.25) is 14.4 Å². The number of Topliss-reactive ketones (excluding diaryl/α,β-unsaturated/α-hetero) is 1. The monoisotopic (exact) mass is 392 g/mol. The number of hydrogen-bond acceptors (Lipinski definition) is 7. The molecule has 1 unspecified atom stereocenters. The van der Waals surface area contributed by atoms with Gasteiger partial charge in [0.05, 0.1) is 13.2 Å². The normalized spacial score (nSPS) is 11.2. The van der Waals surface area contributed by atoms with Crippen molar-refractivity contribution >= 4 is 29.3 Å². The minimum atomic E-state index is -0.940.